The Labute approximate surface area is 245 Å². The van der Waals surface area contributed by atoms with E-state index in [-0.39, 0.29) is 9.65 Å². The lowest BCUT2D eigenvalue weighted by atomic mass is 10.3. The number of halogens is 8. The Morgan fingerprint density at radius 2 is 1.00 bits per heavy atom. The van der Waals surface area contributed by atoms with Crippen LogP contribution in [0.25, 0.3) is 0 Å². The molecule has 0 heterocycles. The molecule has 0 aliphatic rings. The smallest absolute Gasteiger partial charge is 0.147 e. The Morgan fingerprint density at radius 3 is 1.27 bits per heavy atom. The summed E-state index contributed by atoms with van der Waals surface area (Å²) in [4.78, 5) is 1.67. The molecule has 166 valence electrons. The van der Waals surface area contributed by atoms with Gasteiger partial charge in [-0.15, -0.1) is 0 Å². The summed E-state index contributed by atoms with van der Waals surface area (Å²) in [7, 11) is -1.40. The second-order valence-electron chi connectivity index (χ2n) is 5.83. The van der Waals surface area contributed by atoms with E-state index in [0.717, 1.165) is 28.6 Å². The van der Waals surface area contributed by atoms with Gasteiger partial charge >= 0.3 is 0 Å². The van der Waals surface area contributed by atoms with Crippen LogP contribution in [0.2, 0.25) is 0 Å². The van der Waals surface area contributed by atoms with E-state index >= 15 is 0 Å². The molecule has 0 fully saturated rings. The van der Waals surface area contributed by atoms with Crippen molar-refractivity contribution in [2.45, 2.75) is 19.4 Å². The van der Waals surface area contributed by atoms with Crippen LogP contribution < -0.4 is 9.47 Å². The van der Waals surface area contributed by atoms with E-state index in [2.05, 4.69) is 127 Å². The van der Waals surface area contributed by atoms with Crippen LogP contribution in [-0.4, -0.2) is 37.7 Å². The first-order valence-corrected chi connectivity index (χ1v) is 16.6. The molecule has 0 aliphatic heterocycles. The molecule has 0 saturated heterocycles. The van der Waals surface area contributed by atoms with E-state index in [0.29, 0.717) is 34.5 Å². The highest BCUT2D eigenvalue weighted by molar-refractivity contribution is 9.12. The van der Waals surface area contributed by atoms with Crippen molar-refractivity contribution in [2.24, 2.45) is 0 Å². The van der Waals surface area contributed by atoms with Gasteiger partial charge in [0.1, 0.15) is 24.7 Å². The van der Waals surface area contributed by atoms with Crippen molar-refractivity contribution in [2.75, 3.05) is 23.9 Å². The van der Waals surface area contributed by atoms with Gasteiger partial charge in [0.15, 0.2) is 0 Å². The van der Waals surface area contributed by atoms with Gasteiger partial charge in [-0.1, -0.05) is 63.7 Å². The average molecular weight is 950 g/mol. The maximum Gasteiger partial charge on any atom is 0.147 e. The van der Waals surface area contributed by atoms with Gasteiger partial charge in [0.2, 0.25) is 0 Å². The Balaban J connectivity index is 2.26. The summed E-state index contributed by atoms with van der Waals surface area (Å²) in [5.74, 6) is 1.34. The van der Waals surface area contributed by atoms with Gasteiger partial charge in [0.25, 0.3) is 0 Å². The normalized spacial score (nSPS) is 14.3. The first kappa shape index (κ1) is 28.3. The number of hydrogen-bond donors (Lipinski definition) is 0. The third-order valence-corrected chi connectivity index (χ3v) is 11.7. The number of alkyl halides is 4. The summed E-state index contributed by atoms with van der Waals surface area (Å²) in [5, 5.41) is 1.56. The summed E-state index contributed by atoms with van der Waals surface area (Å²) < 4.78 is 27.9. The molecule has 0 bridgehead atoms. The van der Waals surface area contributed by atoms with Crippen molar-refractivity contribution in [1.82, 2.24) is 0 Å². The molecule has 0 spiro atoms. The van der Waals surface area contributed by atoms with E-state index in [1.54, 1.807) is 0 Å². The number of rotatable bonds is 10. The second kappa shape index (κ2) is 13.8. The average Bonchev–Trinajstić information content (AvgIpc) is 2.71. The fraction of sp³-hybridized carbons (Fsp3) is 0.333. The Hall–Kier alpha value is 2.03. The SMILES string of the molecule is O=S(c1cc(Br)c(OCC(Br)CBr)c(Br)c1)c1cc(Br)c(OCC(Br)CBr)c(Br)c1. The molecule has 12 heteroatoms. The maximum absolute atomic E-state index is 13.2. The van der Waals surface area contributed by atoms with Crippen LogP contribution >= 0.6 is 127 Å². The summed E-state index contributed by atoms with van der Waals surface area (Å²) in [5.41, 5.74) is 0. The van der Waals surface area contributed by atoms with E-state index in [1.165, 1.54) is 0 Å². The largest absolute Gasteiger partial charge is 0.490 e. The zero-order valence-corrected chi connectivity index (χ0v) is 28.5. The molecule has 2 atom stereocenters. The third-order valence-electron chi connectivity index (χ3n) is 3.52. The quantitative estimate of drug-likeness (QED) is 0.224. The van der Waals surface area contributed by atoms with E-state index < -0.39 is 10.8 Å². The molecule has 0 aliphatic carbocycles. The summed E-state index contributed by atoms with van der Waals surface area (Å²) in [6.07, 6.45) is 0. The fourth-order valence-electron chi connectivity index (χ4n) is 2.14. The molecular formula is C18H14Br8O3S. The van der Waals surface area contributed by atoms with Crippen molar-refractivity contribution >= 4 is 138 Å². The molecule has 0 amide bonds. The standard InChI is InChI=1S/C18H14Br8O3S/c19-5-9(21)7-28-17-13(23)1-11(2-14(17)24)30(27)12-3-15(25)18(16(26)4-12)29-8-10(22)6-20/h1-4,9-10H,5-8H2. The first-order chi connectivity index (χ1) is 14.2. The zero-order chi connectivity index (χ0) is 22.4. The van der Waals surface area contributed by atoms with E-state index in [4.69, 9.17) is 9.47 Å². The Kier molecular flexibility index (Phi) is 13.0. The lowest BCUT2D eigenvalue weighted by Gasteiger charge is -2.15. The topological polar surface area (TPSA) is 35.5 Å². The van der Waals surface area contributed by atoms with Crippen LogP contribution in [0.4, 0.5) is 0 Å². The molecular weight excluding hydrogens is 935 g/mol. The minimum Gasteiger partial charge on any atom is -0.490 e. The molecule has 0 N–H and O–H groups in total. The van der Waals surface area contributed by atoms with Crippen LogP contribution in [0.3, 0.4) is 0 Å². The predicted molar refractivity (Wildman–Crippen MR) is 152 cm³/mol. The van der Waals surface area contributed by atoms with Crippen molar-refractivity contribution in [3.63, 3.8) is 0 Å². The highest BCUT2D eigenvalue weighted by Gasteiger charge is 2.18. The van der Waals surface area contributed by atoms with Gasteiger partial charge in [0.05, 0.1) is 38.3 Å². The molecule has 2 aromatic carbocycles. The van der Waals surface area contributed by atoms with Crippen LogP contribution in [0.1, 0.15) is 0 Å². The van der Waals surface area contributed by atoms with Crippen molar-refractivity contribution < 1.29 is 13.7 Å². The predicted octanol–water partition coefficient (Wildman–Crippen LogP) is 8.98. The van der Waals surface area contributed by atoms with Crippen LogP contribution in [0.5, 0.6) is 11.5 Å². The van der Waals surface area contributed by atoms with Gasteiger partial charge < -0.3 is 9.47 Å². The van der Waals surface area contributed by atoms with Crippen molar-refractivity contribution in [3.8, 4) is 11.5 Å². The van der Waals surface area contributed by atoms with E-state index in [1.807, 2.05) is 24.3 Å². The van der Waals surface area contributed by atoms with Crippen LogP contribution in [0, 0.1) is 0 Å². The summed E-state index contributed by atoms with van der Waals surface area (Å²) in [6, 6.07) is 7.24. The van der Waals surface area contributed by atoms with Gasteiger partial charge in [-0.3, -0.25) is 0 Å². The highest BCUT2D eigenvalue weighted by Crippen LogP contribution is 2.40. The fourth-order valence-corrected chi connectivity index (χ4v) is 7.38. The van der Waals surface area contributed by atoms with Gasteiger partial charge in [-0.05, 0) is 88.0 Å². The molecule has 2 aromatic rings. The molecule has 0 saturated carbocycles. The van der Waals surface area contributed by atoms with Gasteiger partial charge in [0, 0.05) is 20.5 Å². The maximum atomic E-state index is 13.2. The molecule has 3 nitrogen and oxygen atoms in total. The van der Waals surface area contributed by atoms with Crippen LogP contribution in [-0.2, 0) is 10.8 Å². The van der Waals surface area contributed by atoms with Crippen molar-refractivity contribution in [1.29, 1.82) is 0 Å². The Bertz CT molecular complexity index is 793. The minimum atomic E-state index is -1.40. The number of benzene rings is 2. The molecule has 0 radical (unpaired) electrons. The van der Waals surface area contributed by atoms with Crippen molar-refractivity contribution in [3.05, 3.63) is 42.2 Å². The Morgan fingerprint density at radius 1 is 0.700 bits per heavy atom. The second-order valence-corrected chi connectivity index (χ2v) is 14.6. The van der Waals surface area contributed by atoms with Gasteiger partial charge in [-0.2, -0.15) is 0 Å². The third kappa shape index (κ3) is 8.06. The first-order valence-electron chi connectivity index (χ1n) is 8.23. The lowest BCUT2D eigenvalue weighted by Crippen LogP contribution is -2.13. The highest BCUT2D eigenvalue weighted by atomic mass is 79.9. The monoisotopic (exact) mass is 941 g/mol. The van der Waals surface area contributed by atoms with E-state index in [9.17, 15) is 4.21 Å². The molecule has 2 unspecified atom stereocenters. The summed E-state index contributed by atoms with van der Waals surface area (Å²) >= 11 is 28.0. The summed E-state index contributed by atoms with van der Waals surface area (Å²) in [6.45, 7) is 0.993. The van der Waals surface area contributed by atoms with Gasteiger partial charge in [-0.25, -0.2) is 4.21 Å². The zero-order valence-electron chi connectivity index (χ0n) is 14.9. The molecule has 2 rings (SSSR count). The number of hydrogen-bond acceptors (Lipinski definition) is 3. The minimum absolute atomic E-state index is 0.190. The molecule has 30 heavy (non-hydrogen) atoms. The lowest BCUT2D eigenvalue weighted by molar-refractivity contribution is 0.321. The van der Waals surface area contributed by atoms with Crippen LogP contribution in [0.15, 0.2) is 51.9 Å². The molecule has 0 aromatic heterocycles. The number of ether oxygens (including phenoxy) is 2.